The molecule has 0 spiro atoms. The van der Waals surface area contributed by atoms with Crippen molar-refractivity contribution in [3.63, 3.8) is 0 Å². The number of halogens is 1. The minimum absolute atomic E-state index is 0.0776. The fourth-order valence-electron chi connectivity index (χ4n) is 2.17. The van der Waals surface area contributed by atoms with E-state index < -0.39 is 0 Å². The van der Waals surface area contributed by atoms with Crippen LogP contribution in [-0.4, -0.2) is 30.2 Å². The average molecular weight is 555 g/mol. The Bertz CT molecular complexity index is 860. The molecule has 0 amide bonds. The first-order chi connectivity index (χ1) is 15.2. The number of allylic oxidation sites excluding steroid dienone is 13. The molecule has 8 heteroatoms. The number of ether oxygens (including phenoxy) is 2. The van der Waals surface area contributed by atoms with E-state index >= 15 is 0 Å². The van der Waals surface area contributed by atoms with E-state index in [-0.39, 0.29) is 17.5 Å². The minimum atomic E-state index is -0.384. The van der Waals surface area contributed by atoms with E-state index in [1.807, 2.05) is 28.7 Å². The number of ketones is 1. The zero-order valence-corrected chi connectivity index (χ0v) is 20.9. The number of methoxy groups -OCH3 is 2. The summed E-state index contributed by atoms with van der Waals surface area (Å²) in [5.74, 6) is -0.0729. The molecule has 0 bridgehead atoms. The highest BCUT2D eigenvalue weighted by atomic mass is 127. The lowest BCUT2D eigenvalue weighted by molar-refractivity contribution is -0.110. The Hall–Kier alpha value is -2.88. The van der Waals surface area contributed by atoms with Crippen LogP contribution in [0.25, 0.3) is 0 Å². The van der Waals surface area contributed by atoms with Gasteiger partial charge in [0.2, 0.25) is 0 Å². The number of rotatable bonds is 14. The number of hydrogen-bond donors (Lipinski definition) is 2. The highest BCUT2D eigenvalue weighted by Gasteiger charge is 2.04. The summed E-state index contributed by atoms with van der Waals surface area (Å²) in [5, 5.41) is 21.7. The van der Waals surface area contributed by atoms with Crippen LogP contribution >= 0.6 is 22.6 Å². The molecule has 0 saturated heterocycles. The van der Waals surface area contributed by atoms with Crippen LogP contribution in [0.3, 0.4) is 0 Å². The van der Waals surface area contributed by atoms with E-state index in [0.717, 1.165) is 12.3 Å². The molecule has 174 valence electrons. The van der Waals surface area contributed by atoms with Crippen LogP contribution in [0.4, 0.5) is 0 Å². The first kappa shape index (κ1) is 29.1. The van der Waals surface area contributed by atoms with Gasteiger partial charge in [-0.05, 0) is 96.3 Å². The molecule has 7 nitrogen and oxygen atoms in total. The number of aliphatic hydroxyl groups is 2. The van der Waals surface area contributed by atoms with Crippen LogP contribution in [0.15, 0.2) is 98.8 Å². The summed E-state index contributed by atoms with van der Waals surface area (Å²) in [6.07, 6.45) is 17.8. The van der Waals surface area contributed by atoms with Gasteiger partial charge in [-0.15, -0.1) is 4.91 Å². The molecule has 0 aliphatic carbocycles. The lowest BCUT2D eigenvalue weighted by Gasteiger charge is -2.07. The Morgan fingerprint density at radius 3 is 2.41 bits per heavy atom. The SMILES string of the molecule is CO/C(I)=C/C(/C=C/C(=O)\C=C(O)\C=C/C(=C/C=C(\C)N=O)/C=C(\C)OC)CC/C=C/O. The molecule has 0 saturated carbocycles. The lowest BCUT2D eigenvalue weighted by atomic mass is 10.0. The zero-order chi connectivity index (χ0) is 24.4. The predicted octanol–water partition coefficient (Wildman–Crippen LogP) is 6.65. The standard InChI is InChI=1S/C24H30INO6/c1-18(26-30)8-9-21(15-19(2)31-3)11-13-23(29)17-22(28)12-10-20(7-5-6-14-27)16-24(25)32-4/h6,8-17,20,27,29H,5,7H2,1-4H3/b12-10+,13-11-,14-6+,18-8+,19-15+,21-9-,23-17-,24-16+. The molecule has 0 radical (unpaired) electrons. The summed E-state index contributed by atoms with van der Waals surface area (Å²) in [5.41, 5.74) is 0.923. The maximum atomic E-state index is 12.2. The van der Waals surface area contributed by atoms with E-state index in [1.54, 1.807) is 51.3 Å². The van der Waals surface area contributed by atoms with Crippen molar-refractivity contribution < 1.29 is 24.5 Å². The molecule has 0 aliphatic rings. The van der Waals surface area contributed by atoms with Crippen LogP contribution < -0.4 is 0 Å². The van der Waals surface area contributed by atoms with Crippen LogP contribution in [-0.2, 0) is 14.3 Å². The quantitative estimate of drug-likeness (QED) is 0.0818. The number of hydrogen-bond acceptors (Lipinski definition) is 7. The second-order valence-electron chi connectivity index (χ2n) is 6.49. The molecular formula is C24H30INO6. The maximum Gasteiger partial charge on any atom is 0.182 e. The van der Waals surface area contributed by atoms with Crippen molar-refractivity contribution in [1.82, 2.24) is 0 Å². The highest BCUT2D eigenvalue weighted by molar-refractivity contribution is 14.1. The molecule has 0 aromatic heterocycles. The van der Waals surface area contributed by atoms with Gasteiger partial charge in [0, 0.05) is 6.08 Å². The van der Waals surface area contributed by atoms with Crippen molar-refractivity contribution in [3.05, 3.63) is 98.5 Å². The molecule has 1 atom stereocenters. The third-order valence-electron chi connectivity index (χ3n) is 3.91. The third-order valence-corrected chi connectivity index (χ3v) is 4.71. The topological polar surface area (TPSA) is 105 Å². The molecule has 0 heterocycles. The molecule has 0 aromatic carbocycles. The molecule has 0 rings (SSSR count). The first-order valence-electron chi connectivity index (χ1n) is 9.71. The maximum absolute atomic E-state index is 12.2. The normalized spacial score (nSPS) is 15.6. The van der Waals surface area contributed by atoms with Gasteiger partial charge in [-0.3, -0.25) is 4.79 Å². The number of aliphatic hydroxyl groups excluding tert-OH is 2. The second-order valence-corrected chi connectivity index (χ2v) is 7.55. The van der Waals surface area contributed by atoms with Crippen molar-refractivity contribution in [2.75, 3.05) is 14.2 Å². The van der Waals surface area contributed by atoms with Gasteiger partial charge in [0.1, 0.15) is 5.76 Å². The number of carbonyl (C=O) groups is 1. The van der Waals surface area contributed by atoms with Gasteiger partial charge in [0.25, 0.3) is 0 Å². The Morgan fingerprint density at radius 1 is 1.09 bits per heavy atom. The largest absolute Gasteiger partial charge is 0.516 e. The number of nitroso groups, excluding NO2 is 1. The molecule has 32 heavy (non-hydrogen) atoms. The summed E-state index contributed by atoms with van der Waals surface area (Å²) in [6, 6.07) is 0. The Labute approximate surface area is 203 Å². The molecule has 0 fully saturated rings. The van der Waals surface area contributed by atoms with Crippen molar-refractivity contribution >= 4 is 28.4 Å². The Balaban J connectivity index is 5.46. The van der Waals surface area contributed by atoms with E-state index in [2.05, 4.69) is 5.18 Å². The van der Waals surface area contributed by atoms with Crippen molar-refractivity contribution in [2.45, 2.75) is 26.7 Å². The van der Waals surface area contributed by atoms with Gasteiger partial charge in [0.05, 0.1) is 31.9 Å². The molecule has 1 unspecified atom stereocenters. The summed E-state index contributed by atoms with van der Waals surface area (Å²) < 4.78 is 10.9. The average Bonchev–Trinajstić information content (AvgIpc) is 2.78. The van der Waals surface area contributed by atoms with Gasteiger partial charge >= 0.3 is 0 Å². The lowest BCUT2D eigenvalue weighted by Crippen LogP contribution is -1.96. The van der Waals surface area contributed by atoms with Gasteiger partial charge in [-0.25, -0.2) is 0 Å². The van der Waals surface area contributed by atoms with Crippen molar-refractivity contribution in [2.24, 2.45) is 11.1 Å². The third kappa shape index (κ3) is 15.0. The number of carbonyl (C=O) groups excluding carboxylic acids is 1. The summed E-state index contributed by atoms with van der Waals surface area (Å²) in [4.78, 5) is 22.7. The summed E-state index contributed by atoms with van der Waals surface area (Å²) in [7, 11) is 3.09. The van der Waals surface area contributed by atoms with Gasteiger partial charge in [-0.1, -0.05) is 24.3 Å². The minimum Gasteiger partial charge on any atom is -0.516 e. The van der Waals surface area contributed by atoms with Crippen molar-refractivity contribution in [3.8, 4) is 0 Å². The molecule has 2 N–H and O–H groups in total. The highest BCUT2D eigenvalue weighted by Crippen LogP contribution is 2.17. The Kier molecular flexibility index (Phi) is 16.2. The molecule has 0 aliphatic heterocycles. The van der Waals surface area contributed by atoms with Gasteiger partial charge < -0.3 is 19.7 Å². The smallest absolute Gasteiger partial charge is 0.182 e. The van der Waals surface area contributed by atoms with Gasteiger partial charge in [0.15, 0.2) is 9.55 Å². The van der Waals surface area contributed by atoms with E-state index in [0.29, 0.717) is 33.6 Å². The molecule has 0 aromatic rings. The Morgan fingerprint density at radius 2 is 1.81 bits per heavy atom. The summed E-state index contributed by atoms with van der Waals surface area (Å²) >= 11 is 2.04. The van der Waals surface area contributed by atoms with Crippen LogP contribution in [0.2, 0.25) is 0 Å². The first-order valence-corrected chi connectivity index (χ1v) is 10.8. The van der Waals surface area contributed by atoms with Gasteiger partial charge in [-0.2, -0.15) is 0 Å². The van der Waals surface area contributed by atoms with Crippen LogP contribution in [0.1, 0.15) is 26.7 Å². The zero-order valence-electron chi connectivity index (χ0n) is 18.7. The van der Waals surface area contributed by atoms with Crippen molar-refractivity contribution in [1.29, 1.82) is 0 Å². The number of nitrogens with zero attached hydrogens (tertiary/aromatic N) is 1. The monoisotopic (exact) mass is 555 g/mol. The van der Waals surface area contributed by atoms with E-state index in [1.165, 1.54) is 25.3 Å². The van der Waals surface area contributed by atoms with Crippen LogP contribution in [0, 0.1) is 10.8 Å². The van der Waals surface area contributed by atoms with E-state index in [4.69, 9.17) is 14.6 Å². The van der Waals surface area contributed by atoms with E-state index in [9.17, 15) is 14.8 Å². The predicted molar refractivity (Wildman–Crippen MR) is 136 cm³/mol. The fourth-order valence-corrected chi connectivity index (χ4v) is 2.63. The van der Waals surface area contributed by atoms with Crippen LogP contribution in [0.5, 0.6) is 0 Å². The molecular weight excluding hydrogens is 525 g/mol. The summed E-state index contributed by atoms with van der Waals surface area (Å²) in [6.45, 7) is 3.32. The second kappa shape index (κ2) is 17.8. The fraction of sp³-hybridized carbons (Fsp3) is 0.292.